The monoisotopic (exact) mass is 387 g/mol. The van der Waals surface area contributed by atoms with Gasteiger partial charge in [0.1, 0.15) is 10.7 Å². The van der Waals surface area contributed by atoms with Gasteiger partial charge in [-0.15, -0.1) is 11.3 Å². The number of piperidine rings is 1. The number of amides is 2. The van der Waals surface area contributed by atoms with Gasteiger partial charge < -0.3 is 10.2 Å². The third-order valence-corrected chi connectivity index (χ3v) is 6.57. The standard InChI is InChI=1S/C20H22FN3O2S/c1-11-18(27-12(2)22-11)20(26)24-16-7-8-17(24)10-15(9-16)23-19(25)13-3-5-14(21)6-4-13/h3-6,15-17H,7-10H2,1-2H3,(H,23,25)/t15?,16-,17+. The van der Waals surface area contributed by atoms with Crippen molar-refractivity contribution >= 4 is 23.2 Å². The average molecular weight is 387 g/mol. The second kappa shape index (κ2) is 7.03. The van der Waals surface area contributed by atoms with Crippen molar-refractivity contribution in [3.63, 3.8) is 0 Å². The second-order valence-corrected chi connectivity index (χ2v) is 8.60. The van der Waals surface area contributed by atoms with Gasteiger partial charge in [-0.2, -0.15) is 0 Å². The number of aryl methyl sites for hydroxylation is 2. The zero-order valence-corrected chi connectivity index (χ0v) is 16.2. The first-order chi connectivity index (χ1) is 12.9. The number of aromatic nitrogens is 1. The fourth-order valence-corrected chi connectivity index (χ4v) is 5.21. The molecule has 1 aromatic carbocycles. The van der Waals surface area contributed by atoms with Gasteiger partial charge in [-0.25, -0.2) is 9.37 Å². The second-order valence-electron chi connectivity index (χ2n) is 7.39. The highest BCUT2D eigenvalue weighted by Gasteiger charge is 2.44. The Labute approximate surface area is 161 Å². The summed E-state index contributed by atoms with van der Waals surface area (Å²) in [5.41, 5.74) is 1.26. The van der Waals surface area contributed by atoms with E-state index in [1.807, 2.05) is 18.7 Å². The summed E-state index contributed by atoms with van der Waals surface area (Å²) >= 11 is 1.46. The molecule has 1 N–H and O–H groups in total. The summed E-state index contributed by atoms with van der Waals surface area (Å²) in [4.78, 5) is 32.6. The van der Waals surface area contributed by atoms with Crippen molar-refractivity contribution in [2.75, 3.05) is 0 Å². The number of halogens is 1. The molecule has 0 radical (unpaired) electrons. The van der Waals surface area contributed by atoms with E-state index in [2.05, 4.69) is 10.3 Å². The lowest BCUT2D eigenvalue weighted by atomic mass is 9.96. The Morgan fingerprint density at radius 3 is 2.33 bits per heavy atom. The van der Waals surface area contributed by atoms with Crippen LogP contribution in [-0.4, -0.2) is 39.8 Å². The van der Waals surface area contributed by atoms with Crippen molar-refractivity contribution in [3.8, 4) is 0 Å². The largest absolute Gasteiger partial charge is 0.349 e. The molecule has 0 aliphatic carbocycles. The maximum atomic E-state index is 13.1. The van der Waals surface area contributed by atoms with Crippen molar-refractivity contribution in [1.29, 1.82) is 0 Å². The Morgan fingerprint density at radius 1 is 1.15 bits per heavy atom. The first kappa shape index (κ1) is 18.1. The molecule has 1 unspecified atom stereocenters. The predicted molar refractivity (Wildman–Crippen MR) is 101 cm³/mol. The molecule has 2 amide bonds. The van der Waals surface area contributed by atoms with Gasteiger partial charge in [-0.05, 0) is 63.8 Å². The lowest BCUT2D eigenvalue weighted by molar-refractivity contribution is 0.0553. The normalized spacial score (nSPS) is 24.1. The van der Waals surface area contributed by atoms with Crippen molar-refractivity contribution < 1.29 is 14.0 Å². The van der Waals surface area contributed by atoms with Gasteiger partial charge in [0.25, 0.3) is 11.8 Å². The number of nitrogens with one attached hydrogen (secondary N) is 1. The lowest BCUT2D eigenvalue weighted by Crippen LogP contribution is -2.52. The molecule has 2 aliphatic rings. The van der Waals surface area contributed by atoms with E-state index < -0.39 is 0 Å². The first-order valence-corrected chi connectivity index (χ1v) is 10.1. The molecule has 5 nitrogen and oxygen atoms in total. The molecular weight excluding hydrogens is 365 g/mol. The van der Waals surface area contributed by atoms with Crippen LogP contribution in [0.25, 0.3) is 0 Å². The highest BCUT2D eigenvalue weighted by molar-refractivity contribution is 7.13. The van der Waals surface area contributed by atoms with E-state index >= 15 is 0 Å². The topological polar surface area (TPSA) is 62.3 Å². The van der Waals surface area contributed by atoms with Crippen LogP contribution in [0.1, 0.15) is 56.4 Å². The van der Waals surface area contributed by atoms with E-state index in [4.69, 9.17) is 0 Å². The van der Waals surface area contributed by atoms with E-state index in [-0.39, 0.29) is 35.8 Å². The number of rotatable bonds is 3. The van der Waals surface area contributed by atoms with Crippen LogP contribution in [0.4, 0.5) is 4.39 Å². The SMILES string of the molecule is Cc1nc(C)c(C(=O)N2[C@@H]3CC[C@H]2CC(NC(=O)c2ccc(F)cc2)C3)s1. The van der Waals surface area contributed by atoms with E-state index in [9.17, 15) is 14.0 Å². The molecule has 3 heterocycles. The van der Waals surface area contributed by atoms with Gasteiger partial charge in [0.2, 0.25) is 0 Å². The summed E-state index contributed by atoms with van der Waals surface area (Å²) in [5.74, 6) is -0.466. The van der Waals surface area contributed by atoms with Crippen LogP contribution in [0.15, 0.2) is 24.3 Å². The van der Waals surface area contributed by atoms with Crippen molar-refractivity contribution in [3.05, 3.63) is 51.2 Å². The maximum Gasteiger partial charge on any atom is 0.266 e. The number of fused-ring (bicyclic) bond motifs is 2. The zero-order valence-electron chi connectivity index (χ0n) is 15.4. The number of carbonyl (C=O) groups is 2. The Bertz CT molecular complexity index is 866. The van der Waals surface area contributed by atoms with Crippen molar-refractivity contribution in [2.24, 2.45) is 0 Å². The molecule has 2 bridgehead atoms. The van der Waals surface area contributed by atoms with Crippen LogP contribution in [-0.2, 0) is 0 Å². The predicted octanol–water partition coefficient (Wildman–Crippen LogP) is 3.46. The number of nitrogens with zero attached hydrogens (tertiary/aromatic N) is 2. The molecular formula is C20H22FN3O2S. The highest BCUT2D eigenvalue weighted by atomic mass is 32.1. The van der Waals surface area contributed by atoms with Gasteiger partial charge in [-0.1, -0.05) is 0 Å². The molecule has 142 valence electrons. The maximum absolute atomic E-state index is 13.1. The van der Waals surface area contributed by atoms with E-state index in [0.29, 0.717) is 5.56 Å². The van der Waals surface area contributed by atoms with Crippen LogP contribution in [0.5, 0.6) is 0 Å². The molecule has 3 atom stereocenters. The molecule has 7 heteroatoms. The average Bonchev–Trinajstić information content (AvgIpc) is 3.10. The Morgan fingerprint density at radius 2 is 1.78 bits per heavy atom. The van der Waals surface area contributed by atoms with Crippen LogP contribution >= 0.6 is 11.3 Å². The minimum Gasteiger partial charge on any atom is -0.349 e. The van der Waals surface area contributed by atoms with E-state index in [1.165, 1.54) is 35.6 Å². The molecule has 0 spiro atoms. The summed E-state index contributed by atoms with van der Waals surface area (Å²) in [6.07, 6.45) is 3.45. The van der Waals surface area contributed by atoms with Gasteiger partial charge in [0.05, 0.1) is 10.7 Å². The summed E-state index contributed by atoms with van der Waals surface area (Å²) in [6.45, 7) is 3.80. The number of carbonyl (C=O) groups excluding carboxylic acids is 2. The van der Waals surface area contributed by atoms with Gasteiger partial charge in [-0.3, -0.25) is 9.59 Å². The fourth-order valence-electron chi connectivity index (χ4n) is 4.34. The third kappa shape index (κ3) is 3.48. The van der Waals surface area contributed by atoms with Gasteiger partial charge in [0.15, 0.2) is 0 Å². The fraction of sp³-hybridized carbons (Fsp3) is 0.450. The molecule has 4 rings (SSSR count). The third-order valence-electron chi connectivity index (χ3n) is 5.51. The minimum atomic E-state index is -0.356. The van der Waals surface area contributed by atoms with Gasteiger partial charge >= 0.3 is 0 Å². The number of thiazole rings is 1. The smallest absolute Gasteiger partial charge is 0.266 e. The number of benzene rings is 1. The van der Waals surface area contributed by atoms with E-state index in [0.717, 1.165) is 41.3 Å². The molecule has 2 saturated heterocycles. The van der Waals surface area contributed by atoms with E-state index in [1.54, 1.807) is 0 Å². The van der Waals surface area contributed by atoms with Crippen molar-refractivity contribution in [1.82, 2.24) is 15.2 Å². The number of hydrogen-bond donors (Lipinski definition) is 1. The summed E-state index contributed by atoms with van der Waals surface area (Å²) in [5, 5.41) is 3.97. The zero-order chi connectivity index (χ0) is 19.1. The Kier molecular flexibility index (Phi) is 4.72. The lowest BCUT2D eigenvalue weighted by Gasteiger charge is -2.39. The molecule has 2 aromatic rings. The first-order valence-electron chi connectivity index (χ1n) is 9.25. The Balaban J connectivity index is 1.44. The van der Waals surface area contributed by atoms with Crippen LogP contribution in [0, 0.1) is 19.7 Å². The van der Waals surface area contributed by atoms with Crippen molar-refractivity contribution in [2.45, 2.75) is 57.7 Å². The highest BCUT2D eigenvalue weighted by Crippen LogP contribution is 2.38. The van der Waals surface area contributed by atoms with Gasteiger partial charge in [0, 0.05) is 23.7 Å². The summed E-state index contributed by atoms with van der Waals surface area (Å²) in [6, 6.07) is 5.90. The molecule has 2 fully saturated rings. The van der Waals surface area contributed by atoms with Crippen LogP contribution in [0.3, 0.4) is 0 Å². The summed E-state index contributed by atoms with van der Waals surface area (Å²) < 4.78 is 13.0. The molecule has 27 heavy (non-hydrogen) atoms. The molecule has 1 aromatic heterocycles. The summed E-state index contributed by atoms with van der Waals surface area (Å²) in [7, 11) is 0. The molecule has 0 saturated carbocycles. The minimum absolute atomic E-state index is 0.0356. The Hall–Kier alpha value is -2.28. The molecule has 2 aliphatic heterocycles. The van der Waals surface area contributed by atoms with Crippen LogP contribution < -0.4 is 5.32 Å². The quantitative estimate of drug-likeness (QED) is 0.877. The van der Waals surface area contributed by atoms with Crippen LogP contribution in [0.2, 0.25) is 0 Å². The number of hydrogen-bond acceptors (Lipinski definition) is 4.